The molecule has 1 heterocycles. The van der Waals surface area contributed by atoms with Gasteiger partial charge in [0.2, 0.25) is 0 Å². The highest BCUT2D eigenvalue weighted by Gasteiger charge is 2.03. The normalized spacial score (nSPS) is 10.8. The van der Waals surface area contributed by atoms with Gasteiger partial charge in [0.15, 0.2) is 6.61 Å². The molecule has 0 fully saturated rings. The van der Waals surface area contributed by atoms with Crippen LogP contribution in [0.2, 0.25) is 5.02 Å². The summed E-state index contributed by atoms with van der Waals surface area (Å²) in [5, 5.41) is 8.82. The number of aromatic nitrogens is 2. The molecule has 0 saturated carbocycles. The Morgan fingerprint density at radius 3 is 2.88 bits per heavy atom. The lowest BCUT2D eigenvalue weighted by Gasteiger charge is -2.06. The highest BCUT2D eigenvalue weighted by molar-refractivity contribution is 6.31. The van der Waals surface area contributed by atoms with Crippen molar-refractivity contribution < 1.29 is 9.53 Å². The van der Waals surface area contributed by atoms with Gasteiger partial charge in [0, 0.05) is 16.8 Å². The number of ether oxygens (including phenoxy) is 1. The van der Waals surface area contributed by atoms with Crippen LogP contribution in [-0.2, 0) is 4.79 Å². The number of halogens is 1. The van der Waals surface area contributed by atoms with Crippen molar-refractivity contribution in [3.63, 3.8) is 0 Å². The first-order valence-electron chi connectivity index (χ1n) is 7.93. The third kappa shape index (κ3) is 4.70. The zero-order valence-corrected chi connectivity index (χ0v) is 14.8. The van der Waals surface area contributed by atoms with Crippen LogP contribution in [0.4, 0.5) is 0 Å². The van der Waals surface area contributed by atoms with Gasteiger partial charge in [-0.15, -0.1) is 0 Å². The first-order chi connectivity index (χ1) is 12.6. The van der Waals surface area contributed by atoms with Crippen molar-refractivity contribution in [2.75, 3.05) is 6.61 Å². The van der Waals surface area contributed by atoms with E-state index in [1.165, 1.54) is 6.21 Å². The van der Waals surface area contributed by atoms with Crippen molar-refractivity contribution >= 4 is 23.7 Å². The Morgan fingerprint density at radius 1 is 1.31 bits per heavy atom. The molecule has 0 bridgehead atoms. The maximum absolute atomic E-state index is 11.8. The number of hydrogen-bond donors (Lipinski definition) is 1. The number of carbonyl (C=O) groups is 1. The fourth-order valence-corrected chi connectivity index (χ4v) is 2.31. The number of hydrogen-bond acceptors (Lipinski definition) is 4. The Balaban J connectivity index is 1.50. The van der Waals surface area contributed by atoms with E-state index in [1.54, 1.807) is 29.1 Å². The lowest BCUT2D eigenvalue weighted by atomic mass is 10.2. The van der Waals surface area contributed by atoms with E-state index in [0.29, 0.717) is 10.8 Å². The lowest BCUT2D eigenvalue weighted by molar-refractivity contribution is -0.123. The first kappa shape index (κ1) is 17.7. The molecule has 0 spiro atoms. The quantitative estimate of drug-likeness (QED) is 0.535. The highest BCUT2D eigenvalue weighted by Crippen LogP contribution is 2.20. The summed E-state index contributed by atoms with van der Waals surface area (Å²) in [6.07, 6.45) is 5.00. The van der Waals surface area contributed by atoms with Gasteiger partial charge in [-0.3, -0.25) is 4.79 Å². The number of aryl methyl sites for hydroxylation is 1. The molecule has 0 aliphatic carbocycles. The molecule has 0 atom stereocenters. The summed E-state index contributed by atoms with van der Waals surface area (Å²) in [5.41, 5.74) is 5.02. The zero-order valence-electron chi connectivity index (χ0n) is 14.1. The van der Waals surface area contributed by atoms with Crippen molar-refractivity contribution in [1.29, 1.82) is 0 Å². The molecule has 7 heteroatoms. The summed E-state index contributed by atoms with van der Waals surface area (Å²) >= 11 is 5.95. The van der Waals surface area contributed by atoms with E-state index in [4.69, 9.17) is 16.3 Å². The molecule has 3 aromatic rings. The van der Waals surface area contributed by atoms with Crippen molar-refractivity contribution in [1.82, 2.24) is 15.2 Å². The maximum Gasteiger partial charge on any atom is 0.277 e. The number of nitrogens with one attached hydrogen (secondary N) is 1. The molecular weight excluding hydrogens is 352 g/mol. The lowest BCUT2D eigenvalue weighted by Crippen LogP contribution is -2.24. The number of carbonyl (C=O) groups excluding carboxylic acids is 1. The van der Waals surface area contributed by atoms with Crippen molar-refractivity contribution in [2.24, 2.45) is 5.10 Å². The number of para-hydroxylation sites is 1. The van der Waals surface area contributed by atoms with Crippen molar-refractivity contribution in [3.05, 3.63) is 77.1 Å². The van der Waals surface area contributed by atoms with Crippen LogP contribution < -0.4 is 10.2 Å². The van der Waals surface area contributed by atoms with Crippen LogP contribution in [0.1, 0.15) is 11.1 Å². The number of hydrazone groups is 1. The Bertz CT molecular complexity index is 922. The van der Waals surface area contributed by atoms with Gasteiger partial charge in [0.25, 0.3) is 5.91 Å². The summed E-state index contributed by atoms with van der Waals surface area (Å²) in [4.78, 5) is 11.8. The molecule has 3 rings (SSSR count). The molecule has 1 aromatic heterocycles. The Morgan fingerprint density at radius 2 is 2.12 bits per heavy atom. The summed E-state index contributed by atoms with van der Waals surface area (Å²) in [6, 6.07) is 14.9. The maximum atomic E-state index is 11.8. The zero-order chi connectivity index (χ0) is 18.4. The second-order valence-electron chi connectivity index (χ2n) is 5.55. The molecule has 0 aliphatic heterocycles. The van der Waals surface area contributed by atoms with E-state index in [1.807, 2.05) is 43.5 Å². The molecular formula is C19H17ClN4O2. The van der Waals surface area contributed by atoms with E-state index in [9.17, 15) is 4.79 Å². The largest absolute Gasteiger partial charge is 0.484 e. The third-order valence-electron chi connectivity index (χ3n) is 3.53. The van der Waals surface area contributed by atoms with Gasteiger partial charge in [-0.2, -0.15) is 10.2 Å². The fraction of sp³-hybridized carbons (Fsp3) is 0.105. The Labute approximate surface area is 156 Å². The van der Waals surface area contributed by atoms with Gasteiger partial charge in [-0.1, -0.05) is 29.8 Å². The van der Waals surface area contributed by atoms with Gasteiger partial charge in [0.05, 0.1) is 18.1 Å². The first-order valence-corrected chi connectivity index (χ1v) is 8.30. The van der Waals surface area contributed by atoms with Gasteiger partial charge in [-0.05, 0) is 42.8 Å². The summed E-state index contributed by atoms with van der Waals surface area (Å²) in [7, 11) is 0. The molecule has 0 saturated heterocycles. The number of benzene rings is 2. The van der Waals surface area contributed by atoms with Crippen LogP contribution in [0, 0.1) is 6.92 Å². The van der Waals surface area contributed by atoms with E-state index in [2.05, 4.69) is 15.6 Å². The molecule has 132 valence electrons. The van der Waals surface area contributed by atoms with E-state index >= 15 is 0 Å². The van der Waals surface area contributed by atoms with Crippen LogP contribution in [0.5, 0.6) is 5.75 Å². The summed E-state index contributed by atoms with van der Waals surface area (Å²) in [5.74, 6) is 0.222. The second-order valence-corrected chi connectivity index (χ2v) is 5.95. The standard InChI is InChI=1S/C19H17ClN4O2/c1-14-9-17(7-8-18(14)20)26-13-19(25)23-21-10-15-11-22-24(12-15)16-5-3-2-4-6-16/h2-12H,13H2,1H3,(H,23,25)/b21-10-. The molecule has 0 radical (unpaired) electrons. The monoisotopic (exact) mass is 368 g/mol. The number of rotatable bonds is 6. The summed E-state index contributed by atoms with van der Waals surface area (Å²) in [6.45, 7) is 1.73. The van der Waals surface area contributed by atoms with Gasteiger partial charge < -0.3 is 4.74 Å². The van der Waals surface area contributed by atoms with Gasteiger partial charge in [-0.25, -0.2) is 10.1 Å². The van der Waals surface area contributed by atoms with Crippen molar-refractivity contribution in [2.45, 2.75) is 6.92 Å². The number of nitrogens with zero attached hydrogens (tertiary/aromatic N) is 3. The summed E-state index contributed by atoms with van der Waals surface area (Å²) < 4.78 is 7.14. The molecule has 2 aromatic carbocycles. The molecule has 0 unspecified atom stereocenters. The van der Waals surface area contributed by atoms with Crippen LogP contribution >= 0.6 is 11.6 Å². The minimum absolute atomic E-state index is 0.137. The highest BCUT2D eigenvalue weighted by atomic mass is 35.5. The minimum atomic E-state index is -0.357. The predicted molar refractivity (Wildman–Crippen MR) is 101 cm³/mol. The average Bonchev–Trinajstić information content (AvgIpc) is 3.12. The Hall–Kier alpha value is -3.12. The predicted octanol–water partition coefficient (Wildman–Crippen LogP) is 3.36. The van der Waals surface area contributed by atoms with Crippen LogP contribution in [0.15, 0.2) is 66.0 Å². The molecule has 6 nitrogen and oxygen atoms in total. The SMILES string of the molecule is Cc1cc(OCC(=O)N/N=C\c2cnn(-c3ccccc3)c2)ccc1Cl. The van der Waals surface area contributed by atoms with E-state index in [0.717, 1.165) is 16.8 Å². The molecule has 26 heavy (non-hydrogen) atoms. The Kier molecular flexibility index (Phi) is 5.66. The second kappa shape index (κ2) is 8.31. The fourth-order valence-electron chi connectivity index (χ4n) is 2.19. The van der Waals surface area contributed by atoms with E-state index < -0.39 is 0 Å². The molecule has 0 aliphatic rings. The number of amides is 1. The van der Waals surface area contributed by atoms with Crippen LogP contribution in [0.25, 0.3) is 5.69 Å². The molecule has 1 N–H and O–H groups in total. The van der Waals surface area contributed by atoms with Crippen LogP contribution in [0.3, 0.4) is 0 Å². The van der Waals surface area contributed by atoms with Gasteiger partial charge >= 0.3 is 0 Å². The van der Waals surface area contributed by atoms with Crippen LogP contribution in [-0.4, -0.2) is 28.5 Å². The third-order valence-corrected chi connectivity index (χ3v) is 3.95. The topological polar surface area (TPSA) is 68.5 Å². The molecule has 1 amide bonds. The smallest absolute Gasteiger partial charge is 0.277 e. The van der Waals surface area contributed by atoms with Gasteiger partial charge in [0.1, 0.15) is 5.75 Å². The van der Waals surface area contributed by atoms with Crippen molar-refractivity contribution in [3.8, 4) is 11.4 Å². The van der Waals surface area contributed by atoms with E-state index in [-0.39, 0.29) is 12.5 Å². The average molecular weight is 369 g/mol. The minimum Gasteiger partial charge on any atom is -0.484 e.